The van der Waals surface area contributed by atoms with Gasteiger partial charge in [0.15, 0.2) is 0 Å². The number of benzene rings is 6. The van der Waals surface area contributed by atoms with Crippen molar-refractivity contribution in [3.63, 3.8) is 0 Å². The Morgan fingerprint density at radius 2 is 0.791 bits per heavy atom. The van der Waals surface area contributed by atoms with Crippen LogP contribution in [-0.4, -0.2) is 10.2 Å². The van der Waals surface area contributed by atoms with Crippen molar-refractivity contribution in [2.24, 2.45) is 0 Å². The number of hydrogen-bond donors (Lipinski definition) is 2. The smallest absolute Gasteiger partial charge is 0.506 e. The zero-order valence-corrected chi connectivity index (χ0v) is 27.2. The molecule has 0 aliphatic heterocycles. The van der Waals surface area contributed by atoms with Gasteiger partial charge in [0, 0.05) is 0 Å². The number of halogens is 2. The van der Waals surface area contributed by atoms with Crippen molar-refractivity contribution in [3.8, 4) is 33.8 Å². The minimum Gasteiger partial charge on any atom is -0.506 e. The summed E-state index contributed by atoms with van der Waals surface area (Å²) in [7, 11) is 0. The van der Waals surface area contributed by atoms with E-state index < -0.39 is 0 Å². The third-order valence-electron chi connectivity index (χ3n) is 6.94. The molecule has 0 saturated carbocycles. The molecule has 5 heteroatoms. The second-order valence-corrected chi connectivity index (χ2v) is 10.5. The van der Waals surface area contributed by atoms with Gasteiger partial charge in [-0.1, -0.05) is 118 Å². The molecule has 210 valence electrons. The van der Waals surface area contributed by atoms with Crippen LogP contribution in [0.5, 0.6) is 11.5 Å². The van der Waals surface area contributed by atoms with Crippen molar-refractivity contribution in [1.29, 1.82) is 0 Å². The van der Waals surface area contributed by atoms with Crippen molar-refractivity contribution < 1.29 is 36.4 Å². The number of fused-ring (bicyclic) bond motifs is 6. The van der Waals surface area contributed by atoms with Crippen LogP contribution in [0.2, 0.25) is 10.0 Å². The minimum absolute atomic E-state index is 0. The normalized spacial score (nSPS) is 10.8. The first kappa shape index (κ1) is 32.3. The summed E-state index contributed by atoms with van der Waals surface area (Å²) in [6.45, 7) is 0. The van der Waals surface area contributed by atoms with Gasteiger partial charge in [0.05, 0.1) is 10.0 Å². The fourth-order valence-corrected chi connectivity index (χ4v) is 5.17. The number of rotatable bonds is 0. The zero-order chi connectivity index (χ0) is 29.3. The summed E-state index contributed by atoms with van der Waals surface area (Å²) in [4.78, 5) is 0. The number of phenols is 2. The van der Waals surface area contributed by atoms with Crippen molar-refractivity contribution >= 4 is 23.2 Å². The third-order valence-corrected chi connectivity index (χ3v) is 7.58. The van der Waals surface area contributed by atoms with E-state index in [0.29, 0.717) is 10.0 Å². The topological polar surface area (TPSA) is 40.5 Å². The molecule has 0 saturated heterocycles. The van der Waals surface area contributed by atoms with E-state index in [2.05, 4.69) is 84.9 Å². The van der Waals surface area contributed by atoms with E-state index in [4.69, 9.17) is 33.4 Å². The van der Waals surface area contributed by atoms with Crippen LogP contribution in [0.25, 0.3) is 22.3 Å². The molecule has 0 amide bonds. The van der Waals surface area contributed by atoms with Crippen LogP contribution in [0.15, 0.2) is 133 Å². The van der Waals surface area contributed by atoms with E-state index in [9.17, 15) is 0 Å². The number of phenolic OH excluding ortho intramolecular Hbond substituents is 2. The Hall–Kier alpha value is -3.62. The third kappa shape index (κ3) is 8.27. The summed E-state index contributed by atoms with van der Waals surface area (Å²) in [5.74, 6) is 0.267. The Morgan fingerprint density at radius 1 is 0.442 bits per heavy atom. The molecule has 2 aliphatic rings. The first-order valence-electron chi connectivity index (χ1n) is 13.5. The van der Waals surface area contributed by atoms with E-state index in [1.54, 1.807) is 48.5 Å². The van der Waals surface area contributed by atoms with E-state index in [-0.39, 0.29) is 37.7 Å². The van der Waals surface area contributed by atoms with Gasteiger partial charge in [0.25, 0.3) is 0 Å². The van der Waals surface area contributed by atoms with Gasteiger partial charge >= 0.3 is 26.2 Å². The maximum atomic E-state index is 8.79. The van der Waals surface area contributed by atoms with E-state index in [1.807, 2.05) is 12.1 Å². The predicted octanol–water partition coefficient (Wildman–Crippen LogP) is 10.2. The van der Waals surface area contributed by atoms with Crippen molar-refractivity contribution in [3.05, 3.63) is 178 Å². The van der Waals surface area contributed by atoms with Gasteiger partial charge in [-0.25, -0.2) is 0 Å². The second-order valence-electron chi connectivity index (χ2n) is 9.70. The molecule has 2 aliphatic carbocycles. The van der Waals surface area contributed by atoms with Crippen molar-refractivity contribution in [2.75, 3.05) is 0 Å². The summed E-state index contributed by atoms with van der Waals surface area (Å²) in [5, 5.41) is 18.4. The molecule has 0 fully saturated rings. The molecule has 0 atom stereocenters. The molecule has 2 N–H and O–H groups in total. The van der Waals surface area contributed by atoms with Gasteiger partial charge in [-0.05, 0) is 37.1 Å². The molecule has 0 spiro atoms. The van der Waals surface area contributed by atoms with Crippen LogP contribution >= 0.6 is 23.2 Å². The molecule has 8 rings (SSSR count). The first-order valence-corrected chi connectivity index (χ1v) is 14.3. The predicted molar refractivity (Wildman–Crippen MR) is 173 cm³/mol. The van der Waals surface area contributed by atoms with E-state index >= 15 is 0 Å². The Kier molecular flexibility index (Phi) is 11.8. The SMILES string of the molecule is Oc1ccccc1Cl.Oc1ccccc1Cl.[Zr+2].[c-]1cccc2c1Cc1ccccc1-2.[c-]1cccc2c1Cc1ccccc1-2. The standard InChI is InChI=1S/2C13H9.2C6H5ClO.Zr/c2*1-3-7-12-10(5-1)9-11-6-2-4-8-13(11)12;2*7-5-3-1-2-4-6(5)8;/h2*1-5,7-8H,9H2;2*1-4,8H;/q2*-1;;;+2. The van der Waals surface area contributed by atoms with Gasteiger partial charge in [-0.2, -0.15) is 59.7 Å². The maximum Gasteiger partial charge on any atom is 2.00 e. The molecule has 0 heterocycles. The zero-order valence-electron chi connectivity index (χ0n) is 23.3. The molecule has 6 aromatic carbocycles. The molecular weight excluding hydrogens is 651 g/mol. The van der Waals surface area contributed by atoms with Crippen LogP contribution in [-0.2, 0) is 39.0 Å². The quantitative estimate of drug-likeness (QED) is 0.157. The average Bonchev–Trinajstić information content (AvgIpc) is 3.60. The molecule has 0 aromatic heterocycles. The van der Waals surface area contributed by atoms with Crippen LogP contribution in [0.3, 0.4) is 0 Å². The molecule has 43 heavy (non-hydrogen) atoms. The van der Waals surface area contributed by atoms with Crippen LogP contribution in [0, 0.1) is 12.1 Å². The van der Waals surface area contributed by atoms with Gasteiger partial charge in [-0.15, -0.1) is 11.1 Å². The van der Waals surface area contributed by atoms with Gasteiger partial charge in [-0.3, -0.25) is 0 Å². The largest absolute Gasteiger partial charge is 2.00 e. The number of aromatic hydroxyl groups is 2. The fourth-order valence-electron chi connectivity index (χ4n) is 4.90. The molecule has 2 nitrogen and oxygen atoms in total. The summed E-state index contributed by atoms with van der Waals surface area (Å²) in [6, 6.07) is 49.6. The Bertz CT molecular complexity index is 1540. The molecule has 6 aromatic rings. The Balaban J connectivity index is 0.000000134. The monoisotopic (exact) mass is 676 g/mol. The fraction of sp³-hybridized carbons (Fsp3) is 0.0526. The van der Waals surface area contributed by atoms with Crippen molar-refractivity contribution in [2.45, 2.75) is 12.8 Å². The van der Waals surface area contributed by atoms with Crippen LogP contribution in [0.1, 0.15) is 22.3 Å². The minimum atomic E-state index is 0. The number of para-hydroxylation sites is 2. The number of hydrogen-bond acceptors (Lipinski definition) is 2. The first-order chi connectivity index (χ1) is 20.5. The summed E-state index contributed by atoms with van der Waals surface area (Å²) >= 11 is 10.9. The molecule has 0 unspecified atom stereocenters. The average molecular weight is 679 g/mol. The molecular formula is C38H28Cl2O2Zr. The summed E-state index contributed by atoms with van der Waals surface area (Å²) in [5.41, 5.74) is 11.0. The van der Waals surface area contributed by atoms with Gasteiger partial charge in [0.2, 0.25) is 0 Å². The Labute approximate surface area is 282 Å². The molecule has 0 radical (unpaired) electrons. The summed E-state index contributed by atoms with van der Waals surface area (Å²) < 4.78 is 0. The van der Waals surface area contributed by atoms with Gasteiger partial charge < -0.3 is 10.2 Å². The molecule has 0 bridgehead atoms. The van der Waals surface area contributed by atoms with E-state index in [0.717, 1.165) is 12.8 Å². The van der Waals surface area contributed by atoms with Crippen LogP contribution < -0.4 is 0 Å². The van der Waals surface area contributed by atoms with Crippen LogP contribution in [0.4, 0.5) is 0 Å². The van der Waals surface area contributed by atoms with Gasteiger partial charge in [0.1, 0.15) is 11.5 Å². The van der Waals surface area contributed by atoms with E-state index in [1.165, 1.54) is 44.5 Å². The maximum absolute atomic E-state index is 8.79. The Morgan fingerprint density at radius 3 is 1.16 bits per heavy atom. The summed E-state index contributed by atoms with van der Waals surface area (Å²) in [6.07, 6.45) is 2.10. The second kappa shape index (κ2) is 15.7. The van der Waals surface area contributed by atoms with Crippen molar-refractivity contribution in [1.82, 2.24) is 0 Å².